The molecule has 0 aliphatic heterocycles. The van der Waals surface area contributed by atoms with E-state index < -0.39 is 0 Å². The summed E-state index contributed by atoms with van der Waals surface area (Å²) in [6, 6.07) is 12.8. The maximum Gasteiger partial charge on any atom is 0.146 e. The molecule has 0 spiro atoms. The number of hydrogen-bond donors (Lipinski definition) is 0. The molecule has 0 aliphatic rings. The molecule has 0 radical (unpaired) electrons. The van der Waals surface area contributed by atoms with Crippen molar-refractivity contribution in [3.8, 4) is 0 Å². The van der Waals surface area contributed by atoms with E-state index >= 15 is 0 Å². The lowest BCUT2D eigenvalue weighted by atomic mass is 9.97. The summed E-state index contributed by atoms with van der Waals surface area (Å²) in [5.74, 6) is 0. The SMILES string of the molecule is C=CCc1ccc2ccccc2c1CO[SiH3]. The molecule has 2 aromatic carbocycles. The van der Waals surface area contributed by atoms with Crippen LogP contribution >= 0.6 is 0 Å². The Kier molecular flexibility index (Phi) is 3.54. The van der Waals surface area contributed by atoms with E-state index in [-0.39, 0.29) is 0 Å². The number of allylic oxidation sites excluding steroid dienone is 1. The van der Waals surface area contributed by atoms with Crippen LogP contribution in [0.25, 0.3) is 10.8 Å². The number of benzene rings is 2. The largest absolute Gasteiger partial charge is 0.424 e. The van der Waals surface area contributed by atoms with Gasteiger partial charge < -0.3 is 4.43 Å². The van der Waals surface area contributed by atoms with Crippen molar-refractivity contribution in [2.24, 2.45) is 0 Å². The van der Waals surface area contributed by atoms with E-state index in [9.17, 15) is 0 Å². The van der Waals surface area contributed by atoms with Crippen LogP contribution in [0.4, 0.5) is 0 Å². The minimum absolute atomic E-state index is 0.719. The molecule has 0 amide bonds. The molecule has 0 saturated heterocycles. The lowest BCUT2D eigenvalue weighted by molar-refractivity contribution is 0.339. The van der Waals surface area contributed by atoms with Crippen LogP contribution in [0.2, 0.25) is 0 Å². The van der Waals surface area contributed by atoms with Crippen molar-refractivity contribution in [1.29, 1.82) is 0 Å². The van der Waals surface area contributed by atoms with Gasteiger partial charge in [-0.05, 0) is 28.3 Å². The second-order valence-corrected chi connectivity index (χ2v) is 4.43. The van der Waals surface area contributed by atoms with Gasteiger partial charge in [0.2, 0.25) is 0 Å². The average Bonchev–Trinajstić information content (AvgIpc) is 2.32. The molecule has 0 fully saturated rings. The molecule has 0 aromatic heterocycles. The summed E-state index contributed by atoms with van der Waals surface area (Å²) in [7, 11) is 0.776. The zero-order valence-corrected chi connectivity index (χ0v) is 11.6. The van der Waals surface area contributed by atoms with E-state index in [4.69, 9.17) is 4.43 Å². The van der Waals surface area contributed by atoms with Crippen LogP contribution < -0.4 is 0 Å². The van der Waals surface area contributed by atoms with Crippen molar-refractivity contribution in [2.75, 3.05) is 0 Å². The molecule has 2 heteroatoms. The fraction of sp³-hybridized carbons (Fsp3) is 0.143. The first-order valence-electron chi connectivity index (χ1n) is 5.46. The standard InChI is InChI=1S/C14H16OSi/c1-2-5-11-8-9-12-6-3-4-7-13(12)14(11)10-15-16/h2-4,6-9H,1,5,10H2,16H3. The van der Waals surface area contributed by atoms with Gasteiger partial charge >= 0.3 is 0 Å². The second-order valence-electron chi connectivity index (χ2n) is 3.85. The van der Waals surface area contributed by atoms with Crippen molar-refractivity contribution in [3.05, 3.63) is 60.2 Å². The fourth-order valence-corrected chi connectivity index (χ4v) is 2.33. The highest BCUT2D eigenvalue weighted by Crippen LogP contribution is 2.23. The summed E-state index contributed by atoms with van der Waals surface area (Å²) in [4.78, 5) is 0. The number of hydrogen-bond acceptors (Lipinski definition) is 1. The molecule has 0 aliphatic carbocycles. The van der Waals surface area contributed by atoms with Gasteiger partial charge in [0.25, 0.3) is 0 Å². The molecule has 0 heterocycles. The fourth-order valence-electron chi connectivity index (χ4n) is 2.04. The first kappa shape index (κ1) is 11.1. The number of rotatable bonds is 4. The molecular formula is C14H16OSi. The Bertz CT molecular complexity index is 505. The Morgan fingerprint density at radius 3 is 2.75 bits per heavy atom. The van der Waals surface area contributed by atoms with E-state index in [0.29, 0.717) is 0 Å². The van der Waals surface area contributed by atoms with E-state index in [1.165, 1.54) is 21.9 Å². The molecule has 0 saturated carbocycles. The predicted molar refractivity (Wildman–Crippen MR) is 72.6 cm³/mol. The lowest BCUT2D eigenvalue weighted by Crippen LogP contribution is -1.97. The molecule has 0 unspecified atom stereocenters. The summed E-state index contributed by atoms with van der Waals surface area (Å²) in [6.45, 7) is 4.52. The summed E-state index contributed by atoms with van der Waals surface area (Å²) in [5, 5.41) is 2.58. The van der Waals surface area contributed by atoms with Crippen molar-refractivity contribution in [1.82, 2.24) is 0 Å². The highest BCUT2D eigenvalue weighted by Gasteiger charge is 2.05. The van der Waals surface area contributed by atoms with E-state index in [1.54, 1.807) is 0 Å². The monoisotopic (exact) mass is 228 g/mol. The Hall–Kier alpha value is -1.38. The minimum atomic E-state index is 0.719. The normalized spacial score (nSPS) is 10.8. The van der Waals surface area contributed by atoms with Crippen LogP contribution in [-0.2, 0) is 17.5 Å². The topological polar surface area (TPSA) is 9.23 Å². The Morgan fingerprint density at radius 1 is 1.19 bits per heavy atom. The summed E-state index contributed by atoms with van der Waals surface area (Å²) in [6.07, 6.45) is 2.85. The van der Waals surface area contributed by atoms with Gasteiger partial charge in [0.15, 0.2) is 0 Å². The van der Waals surface area contributed by atoms with E-state index in [1.807, 2.05) is 6.08 Å². The van der Waals surface area contributed by atoms with Crippen molar-refractivity contribution in [3.63, 3.8) is 0 Å². The maximum absolute atomic E-state index is 5.43. The van der Waals surface area contributed by atoms with Crippen LogP contribution in [0.15, 0.2) is 49.1 Å². The molecule has 2 aromatic rings. The zero-order chi connectivity index (χ0) is 11.4. The van der Waals surface area contributed by atoms with Crippen molar-refractivity contribution < 1.29 is 4.43 Å². The predicted octanol–water partition coefficient (Wildman–Crippen LogP) is 2.37. The van der Waals surface area contributed by atoms with Crippen LogP contribution in [0.1, 0.15) is 11.1 Å². The first-order chi connectivity index (χ1) is 7.86. The molecule has 0 N–H and O–H groups in total. The van der Waals surface area contributed by atoms with Crippen LogP contribution in [0, 0.1) is 0 Å². The molecule has 1 nitrogen and oxygen atoms in total. The maximum atomic E-state index is 5.43. The quantitative estimate of drug-likeness (QED) is 0.576. The van der Waals surface area contributed by atoms with Gasteiger partial charge in [0, 0.05) is 0 Å². The molecule has 16 heavy (non-hydrogen) atoms. The minimum Gasteiger partial charge on any atom is -0.424 e. The van der Waals surface area contributed by atoms with Gasteiger partial charge in [-0.15, -0.1) is 6.58 Å². The highest BCUT2D eigenvalue weighted by atomic mass is 28.2. The Balaban J connectivity index is 2.63. The molecule has 0 bridgehead atoms. The number of fused-ring (bicyclic) bond motifs is 1. The zero-order valence-electron chi connectivity index (χ0n) is 9.57. The molecular weight excluding hydrogens is 212 g/mol. The third-order valence-corrected chi connectivity index (χ3v) is 3.08. The van der Waals surface area contributed by atoms with Gasteiger partial charge in [-0.25, -0.2) is 0 Å². The summed E-state index contributed by atoms with van der Waals surface area (Å²) in [5.41, 5.74) is 2.64. The van der Waals surface area contributed by atoms with E-state index in [2.05, 4.69) is 43.0 Å². The lowest BCUT2D eigenvalue weighted by Gasteiger charge is -2.11. The second kappa shape index (κ2) is 5.10. The first-order valence-corrected chi connectivity index (χ1v) is 6.28. The molecule has 0 atom stereocenters. The van der Waals surface area contributed by atoms with Gasteiger partial charge in [-0.3, -0.25) is 0 Å². The average molecular weight is 228 g/mol. The van der Waals surface area contributed by atoms with Gasteiger partial charge in [-0.1, -0.05) is 42.5 Å². The van der Waals surface area contributed by atoms with Crippen molar-refractivity contribution >= 4 is 21.3 Å². The smallest absolute Gasteiger partial charge is 0.146 e. The Labute approximate surface area is 99.3 Å². The molecule has 82 valence electrons. The Morgan fingerprint density at radius 2 is 2.00 bits per heavy atom. The van der Waals surface area contributed by atoms with E-state index in [0.717, 1.165) is 23.5 Å². The third-order valence-electron chi connectivity index (χ3n) is 2.79. The van der Waals surface area contributed by atoms with Crippen LogP contribution in [0.5, 0.6) is 0 Å². The van der Waals surface area contributed by atoms with Crippen LogP contribution in [0.3, 0.4) is 0 Å². The molecule has 2 rings (SSSR count). The van der Waals surface area contributed by atoms with Crippen LogP contribution in [-0.4, -0.2) is 10.5 Å². The summed E-state index contributed by atoms with van der Waals surface area (Å²) < 4.78 is 5.43. The van der Waals surface area contributed by atoms with Gasteiger partial charge in [0.1, 0.15) is 10.5 Å². The highest BCUT2D eigenvalue weighted by molar-refractivity contribution is 5.98. The van der Waals surface area contributed by atoms with Gasteiger partial charge in [-0.2, -0.15) is 0 Å². The summed E-state index contributed by atoms with van der Waals surface area (Å²) >= 11 is 0. The van der Waals surface area contributed by atoms with Crippen molar-refractivity contribution in [2.45, 2.75) is 13.0 Å². The third kappa shape index (κ3) is 2.08. The van der Waals surface area contributed by atoms with Gasteiger partial charge in [0.05, 0.1) is 6.61 Å².